The van der Waals surface area contributed by atoms with Gasteiger partial charge in [0.15, 0.2) is 0 Å². The van der Waals surface area contributed by atoms with E-state index in [9.17, 15) is 9.59 Å². The molecule has 0 aliphatic heterocycles. The SMILES string of the molecule is CC(NC(=O)c1ccccc1)C(=O)NC(c1ccccc1)C(C)C. The van der Waals surface area contributed by atoms with Crippen molar-refractivity contribution in [3.8, 4) is 0 Å². The molecule has 24 heavy (non-hydrogen) atoms. The molecular formula is C20H24N2O2. The fourth-order valence-electron chi connectivity index (χ4n) is 2.51. The van der Waals surface area contributed by atoms with E-state index in [-0.39, 0.29) is 23.8 Å². The van der Waals surface area contributed by atoms with Gasteiger partial charge in [0.2, 0.25) is 5.91 Å². The van der Waals surface area contributed by atoms with Crippen molar-refractivity contribution in [3.63, 3.8) is 0 Å². The molecule has 0 aliphatic rings. The molecule has 2 aromatic rings. The van der Waals surface area contributed by atoms with Crippen molar-refractivity contribution >= 4 is 11.8 Å². The Morgan fingerprint density at radius 2 is 1.33 bits per heavy atom. The first-order valence-electron chi connectivity index (χ1n) is 8.20. The third-order valence-electron chi connectivity index (χ3n) is 3.90. The summed E-state index contributed by atoms with van der Waals surface area (Å²) < 4.78 is 0. The van der Waals surface area contributed by atoms with E-state index in [4.69, 9.17) is 0 Å². The second-order valence-electron chi connectivity index (χ2n) is 6.20. The minimum absolute atomic E-state index is 0.0882. The summed E-state index contributed by atoms with van der Waals surface area (Å²) in [5.74, 6) is -0.200. The second kappa shape index (κ2) is 8.29. The summed E-state index contributed by atoms with van der Waals surface area (Å²) in [6.07, 6.45) is 0. The molecule has 2 unspecified atom stereocenters. The van der Waals surface area contributed by atoms with Crippen LogP contribution in [0, 0.1) is 5.92 Å². The predicted octanol–water partition coefficient (Wildman–Crippen LogP) is 3.32. The Morgan fingerprint density at radius 3 is 1.88 bits per heavy atom. The Labute approximate surface area is 143 Å². The van der Waals surface area contributed by atoms with E-state index in [1.165, 1.54) is 0 Å². The van der Waals surface area contributed by atoms with Gasteiger partial charge < -0.3 is 10.6 Å². The maximum absolute atomic E-state index is 12.5. The summed E-state index contributed by atoms with van der Waals surface area (Å²) in [6, 6.07) is 18.0. The summed E-state index contributed by atoms with van der Waals surface area (Å²) >= 11 is 0. The highest BCUT2D eigenvalue weighted by molar-refractivity contribution is 5.97. The van der Waals surface area contributed by atoms with Crippen LogP contribution in [0.4, 0.5) is 0 Å². The zero-order chi connectivity index (χ0) is 17.5. The Kier molecular flexibility index (Phi) is 6.13. The second-order valence-corrected chi connectivity index (χ2v) is 6.20. The number of benzene rings is 2. The molecular weight excluding hydrogens is 300 g/mol. The van der Waals surface area contributed by atoms with Gasteiger partial charge in [-0.25, -0.2) is 0 Å². The van der Waals surface area contributed by atoms with E-state index < -0.39 is 6.04 Å². The van der Waals surface area contributed by atoms with Crippen LogP contribution in [0.1, 0.15) is 42.7 Å². The van der Waals surface area contributed by atoms with Gasteiger partial charge in [-0.05, 0) is 30.5 Å². The molecule has 2 atom stereocenters. The van der Waals surface area contributed by atoms with E-state index >= 15 is 0 Å². The maximum Gasteiger partial charge on any atom is 0.251 e. The van der Waals surface area contributed by atoms with Crippen molar-refractivity contribution in [2.45, 2.75) is 32.9 Å². The van der Waals surface area contributed by atoms with E-state index in [0.29, 0.717) is 5.56 Å². The summed E-state index contributed by atoms with van der Waals surface area (Å²) in [5.41, 5.74) is 1.60. The topological polar surface area (TPSA) is 58.2 Å². The first-order chi connectivity index (χ1) is 11.5. The van der Waals surface area contributed by atoms with Gasteiger partial charge in [0.25, 0.3) is 5.91 Å². The van der Waals surface area contributed by atoms with Crippen LogP contribution in [0.3, 0.4) is 0 Å². The van der Waals surface area contributed by atoms with Crippen molar-refractivity contribution in [2.75, 3.05) is 0 Å². The number of hydrogen-bond acceptors (Lipinski definition) is 2. The zero-order valence-corrected chi connectivity index (χ0v) is 14.3. The molecule has 4 nitrogen and oxygen atoms in total. The zero-order valence-electron chi connectivity index (χ0n) is 14.3. The van der Waals surface area contributed by atoms with Crippen LogP contribution in [0.2, 0.25) is 0 Å². The Hall–Kier alpha value is -2.62. The Morgan fingerprint density at radius 1 is 0.792 bits per heavy atom. The van der Waals surface area contributed by atoms with Crippen molar-refractivity contribution in [3.05, 3.63) is 71.8 Å². The van der Waals surface area contributed by atoms with Crippen molar-refractivity contribution in [2.24, 2.45) is 5.92 Å². The molecule has 2 aromatic carbocycles. The molecule has 4 heteroatoms. The van der Waals surface area contributed by atoms with Gasteiger partial charge >= 0.3 is 0 Å². The average molecular weight is 324 g/mol. The van der Waals surface area contributed by atoms with Crippen LogP contribution >= 0.6 is 0 Å². The van der Waals surface area contributed by atoms with Gasteiger partial charge in [0, 0.05) is 5.56 Å². The first kappa shape index (κ1) is 17.7. The molecule has 0 fully saturated rings. The largest absolute Gasteiger partial charge is 0.347 e. The molecule has 0 bridgehead atoms. The van der Waals surface area contributed by atoms with E-state index in [0.717, 1.165) is 5.56 Å². The highest BCUT2D eigenvalue weighted by atomic mass is 16.2. The fourth-order valence-corrected chi connectivity index (χ4v) is 2.51. The first-order valence-corrected chi connectivity index (χ1v) is 8.20. The number of carbonyl (C=O) groups is 2. The van der Waals surface area contributed by atoms with Crippen LogP contribution in [0.15, 0.2) is 60.7 Å². The van der Waals surface area contributed by atoms with Gasteiger partial charge in [-0.1, -0.05) is 62.4 Å². The highest BCUT2D eigenvalue weighted by Crippen LogP contribution is 2.21. The van der Waals surface area contributed by atoms with Gasteiger partial charge in [-0.2, -0.15) is 0 Å². The van der Waals surface area contributed by atoms with Gasteiger partial charge in [0.1, 0.15) is 6.04 Å². The summed E-state index contributed by atoms with van der Waals surface area (Å²) in [6.45, 7) is 5.81. The number of hydrogen-bond donors (Lipinski definition) is 2. The molecule has 0 aromatic heterocycles. The molecule has 0 saturated carbocycles. The standard InChI is InChI=1S/C20H24N2O2/c1-14(2)18(16-10-6-4-7-11-16)22-19(23)15(3)21-20(24)17-12-8-5-9-13-17/h4-15,18H,1-3H3,(H,21,24)(H,22,23). The lowest BCUT2D eigenvalue weighted by Crippen LogP contribution is -2.46. The summed E-state index contributed by atoms with van der Waals surface area (Å²) in [4.78, 5) is 24.6. The monoisotopic (exact) mass is 324 g/mol. The van der Waals surface area contributed by atoms with Crippen LogP contribution in [-0.4, -0.2) is 17.9 Å². The number of rotatable bonds is 6. The maximum atomic E-state index is 12.5. The molecule has 0 aliphatic carbocycles. The number of amides is 2. The molecule has 0 spiro atoms. The normalized spacial score (nSPS) is 13.2. The minimum Gasteiger partial charge on any atom is -0.347 e. The van der Waals surface area contributed by atoms with Crippen LogP contribution in [-0.2, 0) is 4.79 Å². The van der Waals surface area contributed by atoms with Gasteiger partial charge in [-0.3, -0.25) is 9.59 Å². The summed E-state index contributed by atoms with van der Waals surface area (Å²) in [5, 5.41) is 5.78. The van der Waals surface area contributed by atoms with Crippen molar-refractivity contribution < 1.29 is 9.59 Å². The predicted molar refractivity (Wildman–Crippen MR) is 95.5 cm³/mol. The van der Waals surface area contributed by atoms with Crippen LogP contribution in [0.5, 0.6) is 0 Å². The van der Waals surface area contributed by atoms with E-state index in [2.05, 4.69) is 24.5 Å². The van der Waals surface area contributed by atoms with Crippen LogP contribution in [0.25, 0.3) is 0 Å². The van der Waals surface area contributed by atoms with Gasteiger partial charge in [0.05, 0.1) is 6.04 Å². The molecule has 2 amide bonds. The molecule has 0 radical (unpaired) electrons. The number of nitrogens with one attached hydrogen (secondary N) is 2. The average Bonchev–Trinajstić information content (AvgIpc) is 2.60. The third-order valence-corrected chi connectivity index (χ3v) is 3.90. The highest BCUT2D eigenvalue weighted by Gasteiger charge is 2.22. The van der Waals surface area contributed by atoms with Crippen molar-refractivity contribution in [1.82, 2.24) is 10.6 Å². The van der Waals surface area contributed by atoms with E-state index in [1.807, 2.05) is 36.4 Å². The minimum atomic E-state index is -0.609. The lowest BCUT2D eigenvalue weighted by molar-refractivity contribution is -0.123. The molecule has 0 saturated heterocycles. The quantitative estimate of drug-likeness (QED) is 0.856. The van der Waals surface area contributed by atoms with Crippen LogP contribution < -0.4 is 10.6 Å². The van der Waals surface area contributed by atoms with Crippen molar-refractivity contribution in [1.29, 1.82) is 0 Å². The third kappa shape index (κ3) is 4.69. The Bertz CT molecular complexity index is 669. The molecule has 126 valence electrons. The molecule has 0 heterocycles. The van der Waals surface area contributed by atoms with Gasteiger partial charge in [-0.15, -0.1) is 0 Å². The van der Waals surface area contributed by atoms with E-state index in [1.54, 1.807) is 31.2 Å². The molecule has 2 N–H and O–H groups in total. The fraction of sp³-hybridized carbons (Fsp3) is 0.300. The number of carbonyl (C=O) groups excluding carboxylic acids is 2. The smallest absolute Gasteiger partial charge is 0.251 e. The Balaban J connectivity index is 2.00. The lowest BCUT2D eigenvalue weighted by atomic mass is 9.96. The molecule has 2 rings (SSSR count). The lowest BCUT2D eigenvalue weighted by Gasteiger charge is -2.25. The summed E-state index contributed by atoms with van der Waals surface area (Å²) in [7, 11) is 0.